The Kier molecular flexibility index (Phi) is 6.43. The first-order valence-corrected chi connectivity index (χ1v) is 10.7. The molecule has 2 aromatic heterocycles. The predicted octanol–water partition coefficient (Wildman–Crippen LogP) is 3.55. The van der Waals surface area contributed by atoms with E-state index in [-0.39, 0.29) is 38.8 Å². The van der Waals surface area contributed by atoms with Gasteiger partial charge in [-0.3, -0.25) is 9.59 Å². The van der Waals surface area contributed by atoms with Crippen LogP contribution in [0.5, 0.6) is 11.6 Å². The Morgan fingerprint density at radius 3 is 2.44 bits per heavy atom. The molecule has 0 radical (unpaired) electrons. The second-order valence-electron chi connectivity index (χ2n) is 7.39. The van der Waals surface area contributed by atoms with Gasteiger partial charge in [-0.25, -0.2) is 18.9 Å². The minimum absolute atomic E-state index is 0.0178. The summed E-state index contributed by atoms with van der Waals surface area (Å²) in [5.74, 6) is 0.254. The van der Waals surface area contributed by atoms with E-state index in [0.29, 0.717) is 14.8 Å². The lowest BCUT2D eigenvalue weighted by atomic mass is 9.85. The quantitative estimate of drug-likeness (QED) is 0.596. The zero-order valence-corrected chi connectivity index (χ0v) is 18.2. The molecule has 0 atom stereocenters. The van der Waals surface area contributed by atoms with Gasteiger partial charge < -0.3 is 4.74 Å². The zero-order valence-electron chi connectivity index (χ0n) is 16.7. The van der Waals surface area contributed by atoms with Crippen molar-refractivity contribution in [1.29, 1.82) is 0 Å². The molecule has 1 aliphatic rings. The van der Waals surface area contributed by atoms with Crippen LogP contribution in [0.1, 0.15) is 43.6 Å². The Morgan fingerprint density at radius 2 is 1.78 bits per heavy atom. The number of rotatable bonds is 5. The number of hydrogen-bond acceptors (Lipinski definition) is 6. The molecular weight excluding hydrogens is 464 g/mol. The highest BCUT2D eigenvalue weighted by Gasteiger charge is 2.21. The molecule has 2 heterocycles. The Morgan fingerprint density at radius 1 is 1.09 bits per heavy atom. The van der Waals surface area contributed by atoms with E-state index in [9.17, 15) is 18.8 Å². The summed E-state index contributed by atoms with van der Waals surface area (Å²) in [6, 6.07) is 4.13. The number of alkyl halides is 1. The SMILES string of the molecule is O=c1[nH]nc(Oc2c(Cl)cc(-n3c(=O)cnn(CF)c3=O)cc2Cl)cc1C1CCCCC1. The molecular formula is C20H18Cl2FN5O4. The van der Waals surface area contributed by atoms with Crippen LogP contribution >= 0.6 is 23.2 Å². The third kappa shape index (κ3) is 4.33. The fraction of sp³-hybridized carbons (Fsp3) is 0.350. The number of halogens is 3. The normalized spacial score (nSPS) is 14.5. The van der Waals surface area contributed by atoms with Gasteiger partial charge in [-0.1, -0.05) is 42.5 Å². The van der Waals surface area contributed by atoms with Crippen LogP contribution in [0, 0.1) is 0 Å². The Bertz CT molecular complexity index is 1310. The summed E-state index contributed by atoms with van der Waals surface area (Å²) < 4.78 is 19.9. The number of benzene rings is 1. The molecule has 32 heavy (non-hydrogen) atoms. The highest BCUT2D eigenvalue weighted by Crippen LogP contribution is 2.38. The minimum atomic E-state index is -1.21. The van der Waals surface area contributed by atoms with Gasteiger partial charge in [-0.05, 0) is 30.9 Å². The van der Waals surface area contributed by atoms with Crippen molar-refractivity contribution in [2.24, 2.45) is 0 Å². The number of aromatic nitrogens is 5. The van der Waals surface area contributed by atoms with Crippen molar-refractivity contribution in [1.82, 2.24) is 24.5 Å². The van der Waals surface area contributed by atoms with Gasteiger partial charge in [-0.2, -0.15) is 9.78 Å². The molecule has 1 aromatic carbocycles. The van der Waals surface area contributed by atoms with Gasteiger partial charge >= 0.3 is 5.69 Å². The molecule has 0 aliphatic heterocycles. The molecule has 0 unspecified atom stereocenters. The summed E-state index contributed by atoms with van der Waals surface area (Å²) in [7, 11) is 0. The molecule has 0 amide bonds. The van der Waals surface area contributed by atoms with E-state index in [1.165, 1.54) is 12.1 Å². The standard InChI is InChI=1S/C20H18Cl2FN5O4/c21-14-6-12(28-17(29)9-24-27(10-23)20(28)31)7-15(22)18(14)32-16-8-13(19(30)26-25-16)11-4-2-1-3-5-11/h6-9,11H,1-5,10H2,(H,26,30). The maximum Gasteiger partial charge on any atom is 0.354 e. The van der Waals surface area contributed by atoms with Crippen molar-refractivity contribution in [3.63, 3.8) is 0 Å². The summed E-state index contributed by atoms with van der Waals surface area (Å²) in [5, 5.41) is 9.73. The topological polar surface area (TPSA) is 112 Å². The number of hydrogen-bond donors (Lipinski definition) is 1. The van der Waals surface area contributed by atoms with Crippen molar-refractivity contribution in [3.05, 3.63) is 71.2 Å². The Hall–Kier alpha value is -2.98. The van der Waals surface area contributed by atoms with Gasteiger partial charge in [0.05, 0.1) is 15.7 Å². The fourth-order valence-corrected chi connectivity index (χ4v) is 4.36. The number of aromatic amines is 1. The average molecular weight is 482 g/mol. The van der Waals surface area contributed by atoms with Gasteiger partial charge in [0.1, 0.15) is 6.20 Å². The highest BCUT2D eigenvalue weighted by atomic mass is 35.5. The van der Waals surface area contributed by atoms with Gasteiger partial charge in [0.2, 0.25) is 5.88 Å². The number of H-pyrrole nitrogens is 1. The van der Waals surface area contributed by atoms with E-state index >= 15 is 0 Å². The van der Waals surface area contributed by atoms with Crippen molar-refractivity contribution in [2.75, 3.05) is 0 Å². The third-order valence-electron chi connectivity index (χ3n) is 5.35. The van der Waals surface area contributed by atoms with Crippen LogP contribution < -0.4 is 21.5 Å². The van der Waals surface area contributed by atoms with Gasteiger partial charge in [0.15, 0.2) is 12.5 Å². The van der Waals surface area contributed by atoms with Gasteiger partial charge in [0, 0.05) is 11.6 Å². The molecule has 12 heteroatoms. The average Bonchev–Trinajstić information content (AvgIpc) is 2.78. The molecule has 1 fully saturated rings. The fourth-order valence-electron chi connectivity index (χ4n) is 3.80. The Labute approximate surface area is 190 Å². The summed E-state index contributed by atoms with van der Waals surface area (Å²) in [4.78, 5) is 36.7. The summed E-state index contributed by atoms with van der Waals surface area (Å²) in [5.41, 5.74) is -1.42. The molecule has 0 bridgehead atoms. The Balaban J connectivity index is 1.70. The number of nitrogens with one attached hydrogen (secondary N) is 1. The van der Waals surface area contributed by atoms with Crippen LogP contribution in [0.3, 0.4) is 0 Å². The van der Waals surface area contributed by atoms with E-state index in [0.717, 1.165) is 38.3 Å². The molecule has 1 aliphatic carbocycles. The monoisotopic (exact) mass is 481 g/mol. The first-order chi connectivity index (χ1) is 15.4. The van der Waals surface area contributed by atoms with Crippen LogP contribution in [0.25, 0.3) is 5.69 Å². The maximum absolute atomic E-state index is 13.0. The predicted molar refractivity (Wildman–Crippen MR) is 116 cm³/mol. The molecule has 9 nitrogen and oxygen atoms in total. The summed E-state index contributed by atoms with van der Waals surface area (Å²) in [6.07, 6.45) is 5.90. The number of ether oxygens (including phenoxy) is 1. The molecule has 3 aromatic rings. The van der Waals surface area contributed by atoms with Crippen LogP contribution in [0.15, 0.2) is 38.8 Å². The summed E-state index contributed by atoms with van der Waals surface area (Å²) in [6.45, 7) is -1.21. The smallest absolute Gasteiger partial charge is 0.354 e. The molecule has 1 saturated carbocycles. The minimum Gasteiger partial charge on any atom is -0.434 e. The van der Waals surface area contributed by atoms with E-state index in [2.05, 4.69) is 15.3 Å². The molecule has 0 spiro atoms. The molecule has 1 N–H and O–H groups in total. The highest BCUT2D eigenvalue weighted by molar-refractivity contribution is 6.37. The molecule has 0 saturated heterocycles. The summed E-state index contributed by atoms with van der Waals surface area (Å²) >= 11 is 12.6. The van der Waals surface area contributed by atoms with Crippen molar-refractivity contribution in [2.45, 2.75) is 44.8 Å². The van der Waals surface area contributed by atoms with Crippen LogP contribution in [0.4, 0.5) is 4.39 Å². The lowest BCUT2D eigenvalue weighted by Crippen LogP contribution is -2.39. The van der Waals surface area contributed by atoms with Crippen LogP contribution in [-0.2, 0) is 6.80 Å². The van der Waals surface area contributed by atoms with Crippen LogP contribution in [0.2, 0.25) is 10.0 Å². The first kappa shape index (κ1) is 22.2. The zero-order chi connectivity index (χ0) is 22.8. The molecule has 4 rings (SSSR count). The lowest BCUT2D eigenvalue weighted by Gasteiger charge is -2.21. The first-order valence-electron chi connectivity index (χ1n) is 9.91. The number of nitrogens with zero attached hydrogens (tertiary/aromatic N) is 4. The van der Waals surface area contributed by atoms with E-state index < -0.39 is 18.0 Å². The van der Waals surface area contributed by atoms with E-state index in [1.54, 1.807) is 6.07 Å². The second-order valence-corrected chi connectivity index (χ2v) is 8.20. The van der Waals surface area contributed by atoms with Crippen LogP contribution in [-0.4, -0.2) is 24.5 Å². The third-order valence-corrected chi connectivity index (χ3v) is 5.92. The van der Waals surface area contributed by atoms with Crippen molar-refractivity contribution in [3.8, 4) is 17.3 Å². The van der Waals surface area contributed by atoms with Gasteiger partial charge in [-0.15, -0.1) is 5.10 Å². The largest absolute Gasteiger partial charge is 0.434 e. The van der Waals surface area contributed by atoms with Gasteiger partial charge in [0.25, 0.3) is 11.1 Å². The second kappa shape index (κ2) is 9.25. The van der Waals surface area contributed by atoms with Crippen molar-refractivity contribution < 1.29 is 9.13 Å². The van der Waals surface area contributed by atoms with Crippen molar-refractivity contribution >= 4 is 23.2 Å². The molecule has 168 valence electrons. The maximum atomic E-state index is 13.0. The lowest BCUT2D eigenvalue weighted by molar-refractivity contribution is 0.327. The van der Waals surface area contributed by atoms with E-state index in [4.69, 9.17) is 27.9 Å². The van der Waals surface area contributed by atoms with E-state index in [1.807, 2.05) is 0 Å².